The third kappa shape index (κ3) is 4.13. The van der Waals surface area contributed by atoms with Gasteiger partial charge in [-0.2, -0.15) is 5.10 Å². The van der Waals surface area contributed by atoms with Crippen LogP contribution in [0.5, 0.6) is 0 Å². The maximum atomic E-state index is 14.7. The normalized spacial score (nSPS) is 14.8. The average molecular weight is 459 g/mol. The maximum Gasteiger partial charge on any atom is 0.261 e. The third-order valence-electron chi connectivity index (χ3n) is 5.57. The molecule has 1 aromatic heterocycles. The first-order valence-electron chi connectivity index (χ1n) is 10.4. The van der Waals surface area contributed by atoms with E-state index in [0.29, 0.717) is 27.7 Å². The molecule has 5 rings (SSSR count). The highest BCUT2D eigenvalue weighted by Gasteiger charge is 2.29. The highest BCUT2D eigenvalue weighted by molar-refractivity contribution is 6.30. The zero-order chi connectivity index (χ0) is 22.9. The van der Waals surface area contributed by atoms with Crippen LogP contribution < -0.4 is 10.6 Å². The number of aryl methyl sites for hydroxylation is 1. The molecule has 2 N–H and O–H groups in total. The fourth-order valence-corrected chi connectivity index (χ4v) is 3.96. The van der Waals surface area contributed by atoms with Gasteiger partial charge in [0.2, 0.25) is 0 Å². The molecule has 1 aliphatic heterocycles. The molecule has 0 fully saturated rings. The first kappa shape index (κ1) is 21.0. The second-order valence-electron chi connectivity index (χ2n) is 7.85. The zero-order valence-electron chi connectivity index (χ0n) is 17.7. The Balaban J connectivity index is 1.56. The lowest BCUT2D eigenvalue weighted by Gasteiger charge is -2.26. The van der Waals surface area contributed by atoms with Gasteiger partial charge in [0.15, 0.2) is 0 Å². The maximum absolute atomic E-state index is 14.7. The van der Waals surface area contributed by atoms with E-state index in [1.807, 2.05) is 49.4 Å². The summed E-state index contributed by atoms with van der Waals surface area (Å²) in [5.41, 5.74) is 4.19. The van der Waals surface area contributed by atoms with Crippen LogP contribution >= 0.6 is 11.6 Å². The van der Waals surface area contributed by atoms with E-state index < -0.39 is 6.04 Å². The smallest absolute Gasteiger partial charge is 0.261 e. The van der Waals surface area contributed by atoms with Crippen LogP contribution in [-0.2, 0) is 0 Å². The van der Waals surface area contributed by atoms with Gasteiger partial charge in [0.25, 0.3) is 5.91 Å². The van der Waals surface area contributed by atoms with Crippen molar-refractivity contribution >= 4 is 34.7 Å². The number of hydrogen-bond acceptors (Lipinski definition) is 3. The number of hydrogen-bond donors (Lipinski definition) is 2. The van der Waals surface area contributed by atoms with Crippen molar-refractivity contribution in [2.75, 3.05) is 10.6 Å². The van der Waals surface area contributed by atoms with Gasteiger partial charge >= 0.3 is 0 Å². The first-order chi connectivity index (χ1) is 16.0. The van der Waals surface area contributed by atoms with Crippen molar-refractivity contribution in [2.24, 2.45) is 0 Å². The number of carbonyl (C=O) groups is 1. The fraction of sp³-hybridized carbons (Fsp3) is 0.0769. The van der Waals surface area contributed by atoms with Crippen molar-refractivity contribution in [2.45, 2.75) is 13.0 Å². The molecule has 0 saturated carbocycles. The van der Waals surface area contributed by atoms with Gasteiger partial charge in [0.1, 0.15) is 23.2 Å². The van der Waals surface area contributed by atoms with Gasteiger partial charge in [-0.1, -0.05) is 59.6 Å². The monoisotopic (exact) mass is 458 g/mol. The van der Waals surface area contributed by atoms with Crippen LogP contribution in [0.1, 0.15) is 33.1 Å². The number of fused-ring (bicyclic) bond motifs is 1. The molecule has 0 saturated heterocycles. The Morgan fingerprint density at radius 3 is 2.52 bits per heavy atom. The summed E-state index contributed by atoms with van der Waals surface area (Å²) < 4.78 is 16.4. The number of benzene rings is 3. The van der Waals surface area contributed by atoms with E-state index in [2.05, 4.69) is 15.7 Å². The molecule has 0 bridgehead atoms. The predicted octanol–water partition coefficient (Wildman–Crippen LogP) is 6.29. The van der Waals surface area contributed by atoms with Gasteiger partial charge in [-0.05, 0) is 48.9 Å². The van der Waals surface area contributed by atoms with E-state index in [-0.39, 0.29) is 11.7 Å². The fourth-order valence-electron chi connectivity index (χ4n) is 3.83. The standard InChI is InChI=1S/C26H20ClFN4O/c1-16-6-12-19(13-7-16)30-26(33)21-15-29-32-24(20-4-2-3-5-22(20)28)14-23(31-25(21)32)17-8-10-18(27)11-9-17/h2-15,24,31H,1H3,(H,30,33)/t24-/m1/s1. The molecule has 2 heterocycles. The molecule has 0 aliphatic carbocycles. The molecule has 1 amide bonds. The largest absolute Gasteiger partial charge is 0.339 e. The topological polar surface area (TPSA) is 59.0 Å². The number of halogens is 2. The summed E-state index contributed by atoms with van der Waals surface area (Å²) >= 11 is 6.06. The minimum atomic E-state index is -0.533. The molecular weight excluding hydrogens is 439 g/mol. The van der Waals surface area contributed by atoms with E-state index in [9.17, 15) is 9.18 Å². The highest BCUT2D eigenvalue weighted by atomic mass is 35.5. The number of aromatic nitrogens is 2. The SMILES string of the molecule is Cc1ccc(NC(=O)c2cnn3c2NC(c2ccc(Cl)cc2)=C[C@@H]3c2ccccc2F)cc1. The number of amides is 1. The Morgan fingerprint density at radius 2 is 1.79 bits per heavy atom. The Labute approximate surface area is 195 Å². The summed E-state index contributed by atoms with van der Waals surface area (Å²) in [5.74, 6) is -0.166. The summed E-state index contributed by atoms with van der Waals surface area (Å²) in [6, 6.07) is 20.9. The number of allylic oxidation sites excluding steroid dienone is 1. The molecule has 7 heteroatoms. The third-order valence-corrected chi connectivity index (χ3v) is 5.82. The zero-order valence-corrected chi connectivity index (χ0v) is 18.5. The van der Waals surface area contributed by atoms with Crippen LogP contribution in [0.4, 0.5) is 15.9 Å². The lowest BCUT2D eigenvalue weighted by molar-refractivity contribution is 0.102. The second-order valence-corrected chi connectivity index (χ2v) is 8.29. The van der Waals surface area contributed by atoms with Crippen LogP contribution in [0, 0.1) is 12.7 Å². The first-order valence-corrected chi connectivity index (χ1v) is 10.8. The molecule has 4 aromatic rings. The van der Waals surface area contributed by atoms with Crippen molar-refractivity contribution in [1.29, 1.82) is 0 Å². The van der Waals surface area contributed by atoms with Gasteiger partial charge in [-0.15, -0.1) is 0 Å². The lowest BCUT2D eigenvalue weighted by Crippen LogP contribution is -2.22. The Morgan fingerprint density at radius 1 is 1.06 bits per heavy atom. The van der Waals surface area contributed by atoms with Gasteiger partial charge < -0.3 is 10.6 Å². The molecule has 1 aliphatic rings. The lowest BCUT2D eigenvalue weighted by atomic mass is 10.0. The van der Waals surface area contributed by atoms with E-state index in [0.717, 1.165) is 16.8 Å². The highest BCUT2D eigenvalue weighted by Crippen LogP contribution is 2.36. The molecule has 0 spiro atoms. The number of carbonyl (C=O) groups excluding carboxylic acids is 1. The number of rotatable bonds is 4. The van der Waals surface area contributed by atoms with E-state index in [4.69, 9.17) is 11.6 Å². The van der Waals surface area contributed by atoms with Crippen molar-refractivity contribution in [3.05, 3.63) is 118 Å². The van der Waals surface area contributed by atoms with Crippen LogP contribution in [-0.4, -0.2) is 15.7 Å². The molecule has 1 atom stereocenters. The number of nitrogens with zero attached hydrogens (tertiary/aromatic N) is 2. The van der Waals surface area contributed by atoms with E-state index in [1.165, 1.54) is 12.3 Å². The molecule has 164 valence electrons. The Hall–Kier alpha value is -3.90. The molecular formula is C26H20ClFN4O. The van der Waals surface area contributed by atoms with Crippen LogP contribution in [0.3, 0.4) is 0 Å². The summed E-state index contributed by atoms with van der Waals surface area (Å²) in [4.78, 5) is 13.1. The molecule has 3 aromatic carbocycles. The summed E-state index contributed by atoms with van der Waals surface area (Å²) in [7, 11) is 0. The van der Waals surface area contributed by atoms with Gasteiger partial charge in [-0.25, -0.2) is 9.07 Å². The Bertz CT molecular complexity index is 1360. The number of nitrogens with one attached hydrogen (secondary N) is 2. The van der Waals surface area contributed by atoms with Crippen LogP contribution in [0.2, 0.25) is 5.02 Å². The summed E-state index contributed by atoms with van der Waals surface area (Å²) in [5, 5.41) is 11.3. The number of anilines is 2. The van der Waals surface area contributed by atoms with Crippen molar-refractivity contribution in [1.82, 2.24) is 9.78 Å². The molecule has 0 unspecified atom stereocenters. The van der Waals surface area contributed by atoms with Gasteiger partial charge in [0.05, 0.1) is 6.20 Å². The van der Waals surface area contributed by atoms with Crippen LogP contribution in [0.25, 0.3) is 5.70 Å². The summed E-state index contributed by atoms with van der Waals surface area (Å²) in [6.45, 7) is 1.98. The van der Waals surface area contributed by atoms with Gasteiger partial charge in [0, 0.05) is 22.0 Å². The van der Waals surface area contributed by atoms with E-state index in [1.54, 1.807) is 35.0 Å². The van der Waals surface area contributed by atoms with Gasteiger partial charge in [-0.3, -0.25) is 4.79 Å². The molecule has 0 radical (unpaired) electrons. The molecule has 5 nitrogen and oxygen atoms in total. The van der Waals surface area contributed by atoms with Crippen molar-refractivity contribution in [3.8, 4) is 0 Å². The minimum Gasteiger partial charge on any atom is -0.339 e. The molecule has 33 heavy (non-hydrogen) atoms. The minimum absolute atomic E-state index is 0.308. The van der Waals surface area contributed by atoms with E-state index >= 15 is 0 Å². The van der Waals surface area contributed by atoms with Crippen molar-refractivity contribution in [3.63, 3.8) is 0 Å². The Kier molecular flexibility index (Phi) is 5.44. The van der Waals surface area contributed by atoms with Crippen molar-refractivity contribution < 1.29 is 9.18 Å². The quantitative estimate of drug-likeness (QED) is 0.377. The second kappa shape index (κ2) is 8.56. The summed E-state index contributed by atoms with van der Waals surface area (Å²) in [6.07, 6.45) is 3.39. The van der Waals surface area contributed by atoms with Crippen LogP contribution in [0.15, 0.2) is 85.1 Å². The average Bonchev–Trinajstić information content (AvgIpc) is 3.25. The predicted molar refractivity (Wildman–Crippen MR) is 129 cm³/mol.